The van der Waals surface area contributed by atoms with Crippen molar-refractivity contribution >= 4 is 0 Å². The van der Waals surface area contributed by atoms with Gasteiger partial charge in [0.1, 0.15) is 11.9 Å². The van der Waals surface area contributed by atoms with Gasteiger partial charge in [0.15, 0.2) is 0 Å². The molecule has 16 heavy (non-hydrogen) atoms. The van der Waals surface area contributed by atoms with Crippen molar-refractivity contribution < 1.29 is 4.74 Å². The van der Waals surface area contributed by atoms with Gasteiger partial charge in [0.2, 0.25) is 5.88 Å². The molecule has 86 valence electrons. The minimum atomic E-state index is 0.406. The fourth-order valence-corrected chi connectivity index (χ4v) is 2.20. The van der Waals surface area contributed by atoms with Gasteiger partial charge in [-0.2, -0.15) is 4.98 Å². The monoisotopic (exact) mass is 218 g/mol. The molecule has 0 aromatic carbocycles. The first kappa shape index (κ1) is 10.1. The Kier molecular flexibility index (Phi) is 2.54. The van der Waals surface area contributed by atoms with E-state index in [-0.39, 0.29) is 0 Å². The van der Waals surface area contributed by atoms with Crippen molar-refractivity contribution in [3.63, 3.8) is 0 Å². The molecule has 1 aromatic heterocycles. The van der Waals surface area contributed by atoms with Crippen LogP contribution in [0.2, 0.25) is 0 Å². The summed E-state index contributed by atoms with van der Waals surface area (Å²) < 4.78 is 5.84. The predicted molar refractivity (Wildman–Crippen MR) is 61.6 cm³/mol. The van der Waals surface area contributed by atoms with E-state index in [9.17, 15) is 0 Å². The van der Waals surface area contributed by atoms with Gasteiger partial charge in [-0.15, -0.1) is 0 Å². The molecule has 2 aliphatic rings. The summed E-state index contributed by atoms with van der Waals surface area (Å²) in [5.41, 5.74) is 1.19. The van der Waals surface area contributed by atoms with Gasteiger partial charge < -0.3 is 4.74 Å². The molecule has 2 fully saturated rings. The maximum absolute atomic E-state index is 5.84. The van der Waals surface area contributed by atoms with Crippen molar-refractivity contribution in [1.82, 2.24) is 9.97 Å². The van der Waals surface area contributed by atoms with E-state index in [0.717, 1.165) is 11.7 Å². The quantitative estimate of drug-likeness (QED) is 0.782. The van der Waals surface area contributed by atoms with E-state index in [2.05, 4.69) is 16.0 Å². The molecule has 0 bridgehead atoms. The highest BCUT2D eigenvalue weighted by atomic mass is 16.5. The second kappa shape index (κ2) is 4.04. The molecule has 2 aliphatic carbocycles. The molecule has 3 nitrogen and oxygen atoms in total. The van der Waals surface area contributed by atoms with Crippen molar-refractivity contribution in [2.45, 2.75) is 57.5 Å². The molecule has 1 heterocycles. The lowest BCUT2D eigenvalue weighted by Crippen LogP contribution is -2.25. The van der Waals surface area contributed by atoms with Crippen LogP contribution in [0.1, 0.15) is 56.0 Å². The Morgan fingerprint density at radius 2 is 1.88 bits per heavy atom. The molecular weight excluding hydrogens is 200 g/mol. The second-order valence-corrected chi connectivity index (χ2v) is 4.98. The Hall–Kier alpha value is -1.12. The fraction of sp³-hybridized carbons (Fsp3) is 0.692. The number of hydrogen-bond donors (Lipinski definition) is 0. The zero-order chi connectivity index (χ0) is 11.0. The Labute approximate surface area is 96.3 Å². The highest BCUT2D eigenvalue weighted by Crippen LogP contribution is 2.36. The molecule has 3 heteroatoms. The standard InChI is InChI=1S/C13H18N2O/c1-9-14-12(10-4-2-5-10)8-13(15-9)16-11-6-3-7-11/h8,10-11H,2-7H2,1H3. The van der Waals surface area contributed by atoms with Gasteiger partial charge in [0.05, 0.1) is 5.69 Å². The van der Waals surface area contributed by atoms with Crippen molar-refractivity contribution in [1.29, 1.82) is 0 Å². The lowest BCUT2D eigenvalue weighted by molar-refractivity contribution is 0.114. The summed E-state index contributed by atoms with van der Waals surface area (Å²) in [6.07, 6.45) is 7.96. The third kappa shape index (κ3) is 1.91. The largest absolute Gasteiger partial charge is 0.474 e. The van der Waals surface area contributed by atoms with Crippen LogP contribution in [0.15, 0.2) is 6.07 Å². The van der Waals surface area contributed by atoms with Crippen LogP contribution in [0.3, 0.4) is 0 Å². The van der Waals surface area contributed by atoms with Crippen LogP contribution >= 0.6 is 0 Å². The summed E-state index contributed by atoms with van der Waals surface area (Å²) in [4.78, 5) is 8.88. The highest BCUT2D eigenvalue weighted by molar-refractivity contribution is 5.21. The maximum atomic E-state index is 5.84. The number of aromatic nitrogens is 2. The van der Waals surface area contributed by atoms with Crippen LogP contribution in [0.4, 0.5) is 0 Å². The van der Waals surface area contributed by atoms with E-state index < -0.39 is 0 Å². The number of ether oxygens (including phenoxy) is 1. The molecule has 0 N–H and O–H groups in total. The summed E-state index contributed by atoms with van der Waals surface area (Å²) in [5, 5.41) is 0. The van der Waals surface area contributed by atoms with Crippen molar-refractivity contribution in [2.24, 2.45) is 0 Å². The molecule has 0 atom stereocenters. The lowest BCUT2D eigenvalue weighted by Gasteiger charge is -2.28. The van der Waals surface area contributed by atoms with E-state index in [1.165, 1.54) is 44.2 Å². The maximum Gasteiger partial charge on any atom is 0.217 e. The summed E-state index contributed by atoms with van der Waals surface area (Å²) >= 11 is 0. The van der Waals surface area contributed by atoms with Crippen LogP contribution < -0.4 is 4.74 Å². The molecule has 0 aliphatic heterocycles. The Balaban J connectivity index is 1.77. The van der Waals surface area contributed by atoms with Crippen LogP contribution in [0.25, 0.3) is 0 Å². The smallest absolute Gasteiger partial charge is 0.217 e. The van der Waals surface area contributed by atoms with Gasteiger partial charge in [-0.3, -0.25) is 0 Å². The lowest BCUT2D eigenvalue weighted by atomic mass is 9.83. The van der Waals surface area contributed by atoms with E-state index in [0.29, 0.717) is 12.0 Å². The van der Waals surface area contributed by atoms with E-state index in [1.54, 1.807) is 0 Å². The number of aryl methyl sites for hydroxylation is 1. The SMILES string of the molecule is Cc1nc(OC2CCC2)cc(C2CCC2)n1. The summed E-state index contributed by atoms with van der Waals surface area (Å²) in [6, 6.07) is 2.05. The molecule has 1 aromatic rings. The van der Waals surface area contributed by atoms with Crippen LogP contribution in [0, 0.1) is 6.92 Å². The zero-order valence-corrected chi connectivity index (χ0v) is 9.78. The molecule has 3 rings (SSSR count). The number of rotatable bonds is 3. The Morgan fingerprint density at radius 3 is 2.44 bits per heavy atom. The van der Waals surface area contributed by atoms with Gasteiger partial charge in [0.25, 0.3) is 0 Å². The van der Waals surface area contributed by atoms with E-state index in [1.807, 2.05) is 6.92 Å². The third-order valence-electron chi connectivity index (χ3n) is 3.70. The van der Waals surface area contributed by atoms with Gasteiger partial charge in [0, 0.05) is 12.0 Å². The average molecular weight is 218 g/mol. The number of hydrogen-bond acceptors (Lipinski definition) is 3. The molecule has 0 unspecified atom stereocenters. The molecule has 0 saturated heterocycles. The summed E-state index contributed by atoms with van der Waals surface area (Å²) in [5.74, 6) is 2.29. The minimum Gasteiger partial charge on any atom is -0.474 e. The van der Waals surface area contributed by atoms with E-state index >= 15 is 0 Å². The normalized spacial score (nSPS) is 21.3. The molecule has 0 radical (unpaired) electrons. The second-order valence-electron chi connectivity index (χ2n) is 4.98. The first-order valence-corrected chi connectivity index (χ1v) is 6.33. The Bertz CT molecular complexity index is 384. The fourth-order valence-electron chi connectivity index (χ4n) is 2.20. The number of nitrogens with zero attached hydrogens (tertiary/aromatic N) is 2. The first-order valence-electron chi connectivity index (χ1n) is 6.33. The van der Waals surface area contributed by atoms with Crippen molar-refractivity contribution in [2.75, 3.05) is 0 Å². The molecule has 0 spiro atoms. The topological polar surface area (TPSA) is 35.0 Å². The summed E-state index contributed by atoms with van der Waals surface area (Å²) in [7, 11) is 0. The van der Waals surface area contributed by atoms with Gasteiger partial charge in [-0.25, -0.2) is 4.98 Å². The first-order chi connectivity index (χ1) is 7.81. The minimum absolute atomic E-state index is 0.406. The average Bonchev–Trinajstić information content (AvgIpc) is 2.07. The highest BCUT2D eigenvalue weighted by Gasteiger charge is 2.24. The van der Waals surface area contributed by atoms with Gasteiger partial charge in [-0.1, -0.05) is 6.42 Å². The molecular formula is C13H18N2O. The predicted octanol–water partition coefficient (Wildman–Crippen LogP) is 2.98. The van der Waals surface area contributed by atoms with Crippen molar-refractivity contribution in [3.8, 4) is 5.88 Å². The van der Waals surface area contributed by atoms with Crippen LogP contribution in [-0.2, 0) is 0 Å². The summed E-state index contributed by atoms with van der Waals surface area (Å²) in [6.45, 7) is 1.95. The molecule has 2 saturated carbocycles. The van der Waals surface area contributed by atoms with Crippen LogP contribution in [0.5, 0.6) is 5.88 Å². The van der Waals surface area contributed by atoms with E-state index in [4.69, 9.17) is 4.74 Å². The third-order valence-corrected chi connectivity index (χ3v) is 3.70. The van der Waals surface area contributed by atoms with Crippen LogP contribution in [-0.4, -0.2) is 16.1 Å². The van der Waals surface area contributed by atoms with Crippen molar-refractivity contribution in [3.05, 3.63) is 17.6 Å². The molecule has 0 amide bonds. The van der Waals surface area contributed by atoms with Gasteiger partial charge >= 0.3 is 0 Å². The van der Waals surface area contributed by atoms with Gasteiger partial charge in [-0.05, 0) is 39.0 Å². The Morgan fingerprint density at radius 1 is 1.12 bits per heavy atom. The zero-order valence-electron chi connectivity index (χ0n) is 9.78.